The molecule has 1 aliphatic rings. The average Bonchev–Trinajstić information content (AvgIpc) is 3.10. The summed E-state index contributed by atoms with van der Waals surface area (Å²) < 4.78 is 27.5. The highest BCUT2D eigenvalue weighted by atomic mass is 32.2. The van der Waals surface area contributed by atoms with Gasteiger partial charge in [-0.3, -0.25) is 4.90 Å². The molecule has 0 saturated carbocycles. The van der Waals surface area contributed by atoms with Gasteiger partial charge in [-0.1, -0.05) is 0 Å². The first-order valence-corrected chi connectivity index (χ1v) is 9.48. The highest BCUT2D eigenvalue weighted by molar-refractivity contribution is 7.90. The lowest BCUT2D eigenvalue weighted by molar-refractivity contribution is 0.203. The zero-order valence-electron chi connectivity index (χ0n) is 12.7. The summed E-state index contributed by atoms with van der Waals surface area (Å²) in [5, 5.41) is 5.34. The second-order valence-electron chi connectivity index (χ2n) is 5.54. The van der Waals surface area contributed by atoms with Crippen molar-refractivity contribution in [2.45, 2.75) is 18.9 Å². The Morgan fingerprint density at radius 2 is 2.09 bits per heavy atom. The topological polar surface area (TPSA) is 91.6 Å². The highest BCUT2D eigenvalue weighted by Crippen LogP contribution is 2.24. The number of nitrogens with zero attached hydrogens (tertiary/aromatic N) is 1. The third-order valence-electron chi connectivity index (χ3n) is 3.67. The van der Waals surface area contributed by atoms with Gasteiger partial charge in [-0.25, -0.2) is 13.2 Å². The molecule has 2 amide bonds. The summed E-state index contributed by atoms with van der Waals surface area (Å²) in [6.07, 6.45) is 5.08. The molecule has 1 aromatic heterocycles. The predicted molar refractivity (Wildman–Crippen MR) is 83.4 cm³/mol. The summed E-state index contributed by atoms with van der Waals surface area (Å²) in [5.74, 6) is 0.770. The molecule has 1 aromatic rings. The van der Waals surface area contributed by atoms with Gasteiger partial charge in [0.15, 0.2) is 0 Å². The summed E-state index contributed by atoms with van der Waals surface area (Å²) >= 11 is 0. The molecule has 0 bridgehead atoms. The van der Waals surface area contributed by atoms with E-state index < -0.39 is 9.84 Å². The monoisotopic (exact) mass is 329 g/mol. The molecule has 2 rings (SSSR count). The number of likely N-dealkylation sites (tertiary alicyclic amines) is 1. The first kappa shape index (κ1) is 16.8. The summed E-state index contributed by atoms with van der Waals surface area (Å²) in [4.78, 5) is 14.0. The fraction of sp³-hybridized carbons (Fsp3) is 0.643. The predicted octanol–water partition coefficient (Wildman–Crippen LogP) is 0.760. The molecule has 0 aromatic carbocycles. The van der Waals surface area contributed by atoms with Crippen molar-refractivity contribution >= 4 is 15.9 Å². The summed E-state index contributed by atoms with van der Waals surface area (Å²) in [7, 11) is -3.07. The van der Waals surface area contributed by atoms with Gasteiger partial charge in [0.1, 0.15) is 15.6 Å². The molecule has 124 valence electrons. The summed E-state index contributed by atoms with van der Waals surface area (Å²) in [6.45, 7) is 2.52. The van der Waals surface area contributed by atoms with Crippen LogP contribution in [0.5, 0.6) is 0 Å². The molecule has 1 aliphatic heterocycles. The number of carbonyl (C=O) groups excluding carboxylic acids is 1. The Morgan fingerprint density at radius 3 is 2.68 bits per heavy atom. The number of amides is 2. The van der Waals surface area contributed by atoms with Crippen molar-refractivity contribution in [2.75, 3.05) is 38.2 Å². The quantitative estimate of drug-likeness (QED) is 0.770. The Labute approximate surface area is 131 Å². The second-order valence-corrected chi connectivity index (χ2v) is 7.80. The van der Waals surface area contributed by atoms with Crippen LogP contribution in [0.1, 0.15) is 24.6 Å². The van der Waals surface area contributed by atoms with Crippen LogP contribution < -0.4 is 10.6 Å². The smallest absolute Gasteiger partial charge is 0.314 e. The van der Waals surface area contributed by atoms with E-state index in [4.69, 9.17) is 4.42 Å². The fourth-order valence-corrected chi connectivity index (χ4v) is 3.02. The molecule has 2 N–H and O–H groups in total. The Hall–Kier alpha value is -1.54. The van der Waals surface area contributed by atoms with Crippen molar-refractivity contribution in [3.05, 3.63) is 24.2 Å². The molecule has 1 fully saturated rings. The molecule has 0 spiro atoms. The number of nitrogens with one attached hydrogen (secondary N) is 2. The molecule has 7 nitrogen and oxygen atoms in total. The van der Waals surface area contributed by atoms with Crippen LogP contribution in [0.25, 0.3) is 0 Å². The molecular weight excluding hydrogens is 306 g/mol. The van der Waals surface area contributed by atoms with Gasteiger partial charge in [0.25, 0.3) is 0 Å². The number of urea groups is 1. The van der Waals surface area contributed by atoms with E-state index in [1.165, 1.54) is 0 Å². The second kappa shape index (κ2) is 7.64. The minimum absolute atomic E-state index is 0.0122. The van der Waals surface area contributed by atoms with Gasteiger partial charge in [-0.15, -0.1) is 0 Å². The van der Waals surface area contributed by atoms with Crippen molar-refractivity contribution in [3.8, 4) is 0 Å². The molecule has 2 heterocycles. The van der Waals surface area contributed by atoms with Crippen molar-refractivity contribution < 1.29 is 17.6 Å². The first-order chi connectivity index (χ1) is 10.5. The van der Waals surface area contributed by atoms with E-state index >= 15 is 0 Å². The molecule has 0 radical (unpaired) electrons. The van der Waals surface area contributed by atoms with E-state index in [0.717, 1.165) is 37.9 Å². The molecule has 0 aliphatic carbocycles. The largest absolute Gasteiger partial charge is 0.468 e. The van der Waals surface area contributed by atoms with Crippen molar-refractivity contribution in [2.24, 2.45) is 0 Å². The van der Waals surface area contributed by atoms with E-state index in [1.54, 1.807) is 6.26 Å². The maximum atomic E-state index is 11.8. The Morgan fingerprint density at radius 1 is 1.36 bits per heavy atom. The van der Waals surface area contributed by atoms with E-state index in [2.05, 4.69) is 15.5 Å². The van der Waals surface area contributed by atoms with Crippen LogP contribution in [0.2, 0.25) is 0 Å². The van der Waals surface area contributed by atoms with E-state index in [0.29, 0.717) is 6.54 Å². The SMILES string of the molecule is CS(=O)(=O)CCNC(=O)NC[C@H](c1ccco1)N1CCCC1. The lowest BCUT2D eigenvalue weighted by atomic mass is 10.2. The highest BCUT2D eigenvalue weighted by Gasteiger charge is 2.25. The maximum Gasteiger partial charge on any atom is 0.314 e. The maximum absolute atomic E-state index is 11.8. The normalized spacial score (nSPS) is 17.3. The zero-order chi connectivity index (χ0) is 16.0. The number of rotatable bonds is 7. The third kappa shape index (κ3) is 5.34. The van der Waals surface area contributed by atoms with Gasteiger partial charge < -0.3 is 15.1 Å². The molecule has 8 heteroatoms. The van der Waals surface area contributed by atoms with Gasteiger partial charge >= 0.3 is 6.03 Å². The van der Waals surface area contributed by atoms with Crippen LogP contribution in [0.15, 0.2) is 22.8 Å². The first-order valence-electron chi connectivity index (χ1n) is 7.42. The van der Waals surface area contributed by atoms with Gasteiger partial charge in [-0.2, -0.15) is 0 Å². The number of sulfone groups is 1. The molecule has 1 saturated heterocycles. The zero-order valence-corrected chi connectivity index (χ0v) is 13.6. The minimum atomic E-state index is -3.07. The van der Waals surface area contributed by atoms with Crippen LogP contribution in [-0.2, 0) is 9.84 Å². The van der Waals surface area contributed by atoms with Crippen molar-refractivity contribution in [1.82, 2.24) is 15.5 Å². The van der Waals surface area contributed by atoms with Crippen LogP contribution in [-0.4, -0.2) is 57.5 Å². The minimum Gasteiger partial charge on any atom is -0.468 e. The van der Waals surface area contributed by atoms with Gasteiger partial charge in [-0.05, 0) is 38.1 Å². The van der Waals surface area contributed by atoms with Crippen LogP contribution in [0.4, 0.5) is 4.79 Å². The molecule has 1 atom stereocenters. The van der Waals surface area contributed by atoms with Gasteiger partial charge in [0.2, 0.25) is 0 Å². The standard InChI is InChI=1S/C14H23N3O4S/c1-22(19,20)10-6-15-14(18)16-11-12(13-5-4-9-21-13)17-7-2-3-8-17/h4-5,9,12H,2-3,6-8,10-11H2,1H3,(H2,15,16,18)/t12-/m1/s1. The fourth-order valence-electron chi connectivity index (χ4n) is 2.55. The van der Waals surface area contributed by atoms with E-state index in [9.17, 15) is 13.2 Å². The lowest BCUT2D eigenvalue weighted by Gasteiger charge is -2.26. The number of furan rings is 1. The lowest BCUT2D eigenvalue weighted by Crippen LogP contribution is -2.42. The van der Waals surface area contributed by atoms with Crippen LogP contribution in [0, 0.1) is 0 Å². The van der Waals surface area contributed by atoms with E-state index in [1.807, 2.05) is 12.1 Å². The molecule has 22 heavy (non-hydrogen) atoms. The Balaban J connectivity index is 1.82. The van der Waals surface area contributed by atoms with Crippen LogP contribution >= 0.6 is 0 Å². The average molecular weight is 329 g/mol. The van der Waals surface area contributed by atoms with Gasteiger partial charge in [0.05, 0.1) is 18.1 Å². The summed E-state index contributed by atoms with van der Waals surface area (Å²) in [5.41, 5.74) is 0. The number of carbonyl (C=O) groups is 1. The molecular formula is C14H23N3O4S. The third-order valence-corrected chi connectivity index (χ3v) is 4.61. The van der Waals surface area contributed by atoms with E-state index in [-0.39, 0.29) is 24.4 Å². The Kier molecular flexibility index (Phi) is 5.84. The Bertz CT molecular complexity index is 565. The number of hydrogen-bond donors (Lipinski definition) is 2. The van der Waals surface area contributed by atoms with Crippen molar-refractivity contribution in [1.29, 1.82) is 0 Å². The van der Waals surface area contributed by atoms with Crippen molar-refractivity contribution in [3.63, 3.8) is 0 Å². The molecule has 0 unspecified atom stereocenters. The van der Waals surface area contributed by atoms with Crippen LogP contribution in [0.3, 0.4) is 0 Å². The number of hydrogen-bond acceptors (Lipinski definition) is 5. The summed E-state index contributed by atoms with van der Waals surface area (Å²) in [6, 6.07) is 3.40. The van der Waals surface area contributed by atoms with Gasteiger partial charge in [0, 0.05) is 19.3 Å².